The van der Waals surface area contributed by atoms with Gasteiger partial charge >= 0.3 is 5.97 Å². The summed E-state index contributed by atoms with van der Waals surface area (Å²) in [6.45, 7) is 0. The first-order chi connectivity index (χ1) is 8.25. The van der Waals surface area contributed by atoms with E-state index in [-0.39, 0.29) is 5.69 Å². The van der Waals surface area contributed by atoms with Crippen LogP contribution in [0.4, 0.5) is 0 Å². The Kier molecular flexibility index (Phi) is 2.55. The molecule has 2 aromatic rings. The average Bonchev–Trinajstić information content (AvgIpc) is 2.96. The van der Waals surface area contributed by atoms with Gasteiger partial charge in [-0.3, -0.25) is 4.40 Å². The van der Waals surface area contributed by atoms with E-state index < -0.39 is 5.97 Å². The van der Waals surface area contributed by atoms with Gasteiger partial charge in [-0.2, -0.15) is 11.8 Å². The predicted molar refractivity (Wildman–Crippen MR) is 66.8 cm³/mol. The zero-order valence-electron chi connectivity index (χ0n) is 9.17. The molecule has 0 saturated carbocycles. The Morgan fingerprint density at radius 3 is 3.12 bits per heavy atom. The lowest BCUT2D eigenvalue weighted by molar-refractivity contribution is 0.0689. The highest BCUT2D eigenvalue weighted by molar-refractivity contribution is 7.99. The van der Waals surface area contributed by atoms with Crippen LogP contribution in [-0.4, -0.2) is 32.0 Å². The summed E-state index contributed by atoms with van der Waals surface area (Å²) < 4.78 is 1.67. The predicted octanol–water partition coefficient (Wildman–Crippen LogP) is 2.25. The summed E-state index contributed by atoms with van der Waals surface area (Å²) in [6.07, 6.45) is 3.01. The zero-order chi connectivity index (χ0) is 11.8. The summed E-state index contributed by atoms with van der Waals surface area (Å²) in [5.41, 5.74) is 2.01. The zero-order valence-corrected chi connectivity index (χ0v) is 9.98. The summed E-state index contributed by atoms with van der Waals surface area (Å²) in [5, 5.41) is 9.10. The fraction of sp³-hybridized carbons (Fsp3) is 0.333. The molecule has 0 radical (unpaired) electrons. The van der Waals surface area contributed by atoms with E-state index in [0.29, 0.717) is 5.92 Å². The smallest absolute Gasteiger partial charge is 0.352 e. The van der Waals surface area contributed by atoms with Crippen molar-refractivity contribution in [1.29, 1.82) is 0 Å². The lowest BCUT2D eigenvalue weighted by atomic mass is 10.1. The summed E-state index contributed by atoms with van der Waals surface area (Å²) in [6, 6.07) is 5.18. The van der Waals surface area contributed by atoms with Crippen molar-refractivity contribution in [3.8, 4) is 0 Å². The van der Waals surface area contributed by atoms with Gasteiger partial charge in [0.1, 0.15) is 11.3 Å². The van der Waals surface area contributed by atoms with Crippen molar-refractivity contribution in [2.45, 2.75) is 12.3 Å². The normalized spacial score (nSPS) is 19.9. The first-order valence-corrected chi connectivity index (χ1v) is 6.70. The van der Waals surface area contributed by atoms with Gasteiger partial charge in [0.05, 0.1) is 5.69 Å². The largest absolute Gasteiger partial charge is 0.477 e. The fourth-order valence-corrected chi connectivity index (χ4v) is 3.41. The van der Waals surface area contributed by atoms with E-state index in [1.54, 1.807) is 16.5 Å². The van der Waals surface area contributed by atoms with Gasteiger partial charge in [-0.05, 0) is 24.3 Å². The molecule has 4 nitrogen and oxygen atoms in total. The maximum atomic E-state index is 11.1. The van der Waals surface area contributed by atoms with Crippen LogP contribution in [0.1, 0.15) is 28.5 Å². The van der Waals surface area contributed by atoms with E-state index in [0.717, 1.165) is 23.5 Å². The maximum Gasteiger partial charge on any atom is 0.352 e. The number of hydrogen-bond donors (Lipinski definition) is 1. The summed E-state index contributed by atoms with van der Waals surface area (Å²) in [4.78, 5) is 15.6. The Morgan fingerprint density at radius 2 is 2.41 bits per heavy atom. The van der Waals surface area contributed by atoms with Crippen LogP contribution in [0.25, 0.3) is 5.65 Å². The van der Waals surface area contributed by atoms with Crippen molar-refractivity contribution in [2.75, 3.05) is 11.5 Å². The van der Waals surface area contributed by atoms with E-state index >= 15 is 0 Å². The maximum absolute atomic E-state index is 11.1. The Morgan fingerprint density at radius 1 is 1.53 bits per heavy atom. The molecule has 1 fully saturated rings. The highest BCUT2D eigenvalue weighted by Gasteiger charge is 2.21. The monoisotopic (exact) mass is 248 g/mol. The fourth-order valence-electron chi connectivity index (χ4n) is 2.17. The van der Waals surface area contributed by atoms with Crippen LogP contribution >= 0.6 is 11.8 Å². The van der Waals surface area contributed by atoms with Gasteiger partial charge in [-0.15, -0.1) is 0 Å². The number of hydrogen-bond acceptors (Lipinski definition) is 3. The van der Waals surface area contributed by atoms with E-state index in [1.807, 2.05) is 24.0 Å². The van der Waals surface area contributed by atoms with Crippen molar-refractivity contribution in [3.63, 3.8) is 0 Å². The molecule has 1 atom stereocenters. The molecule has 3 rings (SSSR count). The minimum Gasteiger partial charge on any atom is -0.477 e. The molecule has 0 amide bonds. The van der Waals surface area contributed by atoms with Crippen LogP contribution in [0.2, 0.25) is 0 Å². The second-order valence-corrected chi connectivity index (χ2v) is 5.32. The number of pyridine rings is 1. The molecule has 0 aromatic carbocycles. The average molecular weight is 248 g/mol. The Balaban J connectivity index is 2.11. The molecule has 1 aliphatic heterocycles. The number of carboxylic acids is 1. The number of aromatic nitrogens is 2. The van der Waals surface area contributed by atoms with Gasteiger partial charge in [0.2, 0.25) is 0 Å². The van der Waals surface area contributed by atoms with Crippen molar-refractivity contribution in [3.05, 3.63) is 35.8 Å². The Labute approximate surface area is 103 Å². The molecule has 17 heavy (non-hydrogen) atoms. The highest BCUT2D eigenvalue weighted by atomic mass is 32.2. The molecule has 88 valence electrons. The van der Waals surface area contributed by atoms with Crippen LogP contribution in [-0.2, 0) is 0 Å². The number of rotatable bonds is 2. The lowest BCUT2D eigenvalue weighted by Crippen LogP contribution is -2.03. The Bertz CT molecular complexity index is 573. The third-order valence-electron chi connectivity index (χ3n) is 3.08. The number of carboxylic acid groups (broad SMARTS) is 1. The van der Waals surface area contributed by atoms with Gasteiger partial charge in [-0.1, -0.05) is 6.07 Å². The molecule has 3 heterocycles. The Hall–Kier alpha value is -1.49. The van der Waals surface area contributed by atoms with Gasteiger partial charge in [0, 0.05) is 17.9 Å². The molecule has 1 unspecified atom stereocenters. The van der Waals surface area contributed by atoms with Crippen molar-refractivity contribution in [1.82, 2.24) is 9.38 Å². The second kappa shape index (κ2) is 4.07. The molecular formula is C12H12N2O2S. The quantitative estimate of drug-likeness (QED) is 0.885. The number of fused-ring (bicyclic) bond motifs is 1. The minimum atomic E-state index is -0.916. The molecule has 0 aliphatic carbocycles. The number of thioether (sulfide) groups is 1. The second-order valence-electron chi connectivity index (χ2n) is 4.17. The first kappa shape index (κ1) is 10.7. The van der Waals surface area contributed by atoms with Gasteiger partial charge in [0.25, 0.3) is 0 Å². The van der Waals surface area contributed by atoms with Gasteiger partial charge in [0.15, 0.2) is 0 Å². The van der Waals surface area contributed by atoms with Crippen LogP contribution in [0, 0.1) is 0 Å². The molecule has 5 heteroatoms. The van der Waals surface area contributed by atoms with Crippen LogP contribution in [0.15, 0.2) is 24.4 Å². The van der Waals surface area contributed by atoms with Crippen molar-refractivity contribution in [2.24, 2.45) is 0 Å². The van der Waals surface area contributed by atoms with Crippen molar-refractivity contribution < 1.29 is 9.90 Å². The molecule has 0 bridgehead atoms. The van der Waals surface area contributed by atoms with Gasteiger partial charge in [-0.25, -0.2) is 9.78 Å². The number of aromatic carboxylic acids is 1. The minimum absolute atomic E-state index is 0.270. The third-order valence-corrected chi connectivity index (χ3v) is 4.24. The van der Waals surface area contributed by atoms with E-state index in [2.05, 4.69) is 4.98 Å². The van der Waals surface area contributed by atoms with Gasteiger partial charge < -0.3 is 5.11 Å². The summed E-state index contributed by atoms with van der Waals surface area (Å²) in [5.74, 6) is 1.82. The van der Waals surface area contributed by atoms with Crippen molar-refractivity contribution >= 4 is 23.4 Å². The summed E-state index contributed by atoms with van der Waals surface area (Å²) >= 11 is 1.93. The molecule has 1 N–H and O–H groups in total. The summed E-state index contributed by atoms with van der Waals surface area (Å²) in [7, 11) is 0. The highest BCUT2D eigenvalue weighted by Crippen LogP contribution is 2.31. The SMILES string of the molecule is O=C(O)c1cccc2nc(C3CCSC3)cn12. The molecule has 1 saturated heterocycles. The van der Waals surface area contributed by atoms with Crippen LogP contribution < -0.4 is 0 Å². The molecular weight excluding hydrogens is 236 g/mol. The third kappa shape index (κ3) is 1.80. The van der Waals surface area contributed by atoms with E-state index in [1.165, 1.54) is 5.75 Å². The molecule has 1 aliphatic rings. The number of carbonyl (C=O) groups is 1. The first-order valence-electron chi connectivity index (χ1n) is 5.55. The van der Waals surface area contributed by atoms with E-state index in [4.69, 9.17) is 5.11 Å². The molecule has 2 aromatic heterocycles. The number of imidazole rings is 1. The number of nitrogens with zero attached hydrogens (tertiary/aromatic N) is 2. The van der Waals surface area contributed by atoms with Crippen LogP contribution in [0.3, 0.4) is 0 Å². The van der Waals surface area contributed by atoms with E-state index in [9.17, 15) is 4.79 Å². The lowest BCUT2D eigenvalue weighted by Gasteiger charge is -2.01. The van der Waals surface area contributed by atoms with Crippen LogP contribution in [0.5, 0.6) is 0 Å². The standard InChI is InChI=1S/C12H12N2O2S/c15-12(16)10-2-1-3-11-13-9(6-14(10)11)8-4-5-17-7-8/h1-3,6,8H,4-5,7H2,(H,15,16). The topological polar surface area (TPSA) is 54.6 Å². The molecule has 0 spiro atoms.